The molecule has 0 unspecified atom stereocenters. The normalized spacial score (nSPS) is 10.8. The summed E-state index contributed by atoms with van der Waals surface area (Å²) in [5.41, 5.74) is 2.63. The molecule has 4 rings (SSSR count). The molecule has 0 fully saturated rings. The van der Waals surface area contributed by atoms with Crippen molar-refractivity contribution >= 4 is 50.9 Å². The van der Waals surface area contributed by atoms with Gasteiger partial charge in [-0.3, -0.25) is 9.59 Å². The third kappa shape index (κ3) is 5.15. The van der Waals surface area contributed by atoms with Crippen molar-refractivity contribution in [2.75, 3.05) is 17.7 Å². The van der Waals surface area contributed by atoms with Crippen LogP contribution < -0.4 is 10.9 Å². The predicted molar refractivity (Wildman–Crippen MR) is 132 cm³/mol. The first kappa shape index (κ1) is 22.8. The van der Waals surface area contributed by atoms with E-state index in [9.17, 15) is 14.4 Å². The topological polar surface area (TPSA) is 101 Å². The van der Waals surface area contributed by atoms with E-state index in [1.807, 2.05) is 37.3 Å². The lowest BCUT2D eigenvalue weighted by molar-refractivity contribution is -0.113. The molecule has 4 aromatic rings. The number of benzene rings is 2. The van der Waals surface area contributed by atoms with Crippen LogP contribution in [0.1, 0.15) is 22.2 Å². The summed E-state index contributed by atoms with van der Waals surface area (Å²) in [6.07, 6.45) is 0. The Bertz CT molecular complexity index is 1360. The van der Waals surface area contributed by atoms with Crippen molar-refractivity contribution in [3.63, 3.8) is 0 Å². The molecule has 0 atom stereocenters. The lowest BCUT2D eigenvalue weighted by atomic mass is 10.0. The van der Waals surface area contributed by atoms with Gasteiger partial charge in [0.2, 0.25) is 5.91 Å². The van der Waals surface area contributed by atoms with E-state index in [2.05, 4.69) is 15.3 Å². The van der Waals surface area contributed by atoms with Gasteiger partial charge in [-0.2, -0.15) is 0 Å². The zero-order chi connectivity index (χ0) is 23.4. The Morgan fingerprint density at radius 2 is 1.85 bits per heavy atom. The number of rotatable bonds is 7. The number of nitrogens with one attached hydrogen (secondary N) is 2. The number of aromatic nitrogens is 2. The number of ether oxygens (including phenoxy) is 1. The van der Waals surface area contributed by atoms with Gasteiger partial charge in [-0.15, -0.1) is 11.3 Å². The quantitative estimate of drug-likeness (QED) is 0.223. The molecule has 0 spiro atoms. The molecule has 2 heterocycles. The zero-order valence-corrected chi connectivity index (χ0v) is 19.6. The first-order valence-electron chi connectivity index (χ1n) is 10.2. The fraction of sp³-hybridized carbons (Fsp3) is 0.167. The van der Waals surface area contributed by atoms with Crippen LogP contribution in [0, 0.1) is 6.92 Å². The fourth-order valence-corrected chi connectivity index (χ4v) is 5.12. The number of aryl methyl sites for hydroxylation is 1. The predicted octanol–water partition coefficient (Wildman–Crippen LogP) is 4.87. The van der Waals surface area contributed by atoms with Crippen LogP contribution in [0.4, 0.5) is 5.69 Å². The molecule has 1 amide bonds. The number of hydrogen-bond acceptors (Lipinski definition) is 7. The second kappa shape index (κ2) is 10.0. The number of fused-ring (bicyclic) bond motifs is 1. The Morgan fingerprint density at radius 1 is 1.12 bits per heavy atom. The van der Waals surface area contributed by atoms with Crippen LogP contribution in [0.2, 0.25) is 0 Å². The number of hydrogen-bond donors (Lipinski definition) is 2. The SMILES string of the molecule is CCOC(=O)c1ccc(NC(=O)CSc2nc3sc(C)c(-c4ccccc4)c3c(=O)[nH]2)cc1. The van der Waals surface area contributed by atoms with Crippen molar-refractivity contribution in [3.8, 4) is 11.1 Å². The van der Waals surface area contributed by atoms with Crippen LogP contribution >= 0.6 is 23.1 Å². The maximum atomic E-state index is 12.8. The first-order chi connectivity index (χ1) is 16.0. The van der Waals surface area contributed by atoms with E-state index in [0.29, 0.717) is 33.2 Å². The number of esters is 1. The summed E-state index contributed by atoms with van der Waals surface area (Å²) in [5, 5.41) is 3.73. The molecule has 0 saturated carbocycles. The Kier molecular flexibility index (Phi) is 6.90. The second-order valence-electron chi connectivity index (χ2n) is 7.09. The minimum absolute atomic E-state index is 0.0734. The van der Waals surface area contributed by atoms with Gasteiger partial charge in [-0.1, -0.05) is 42.1 Å². The van der Waals surface area contributed by atoms with Crippen LogP contribution in [0.5, 0.6) is 0 Å². The number of amides is 1. The fourth-order valence-electron chi connectivity index (χ4n) is 3.36. The number of anilines is 1. The maximum Gasteiger partial charge on any atom is 0.338 e. The Labute approximate surface area is 198 Å². The smallest absolute Gasteiger partial charge is 0.338 e. The van der Waals surface area contributed by atoms with Gasteiger partial charge >= 0.3 is 5.97 Å². The summed E-state index contributed by atoms with van der Waals surface area (Å²) < 4.78 is 4.95. The van der Waals surface area contributed by atoms with Gasteiger partial charge in [0.1, 0.15) is 4.83 Å². The molecule has 0 saturated heterocycles. The first-order valence-corrected chi connectivity index (χ1v) is 12.0. The Hall–Kier alpha value is -3.43. The van der Waals surface area contributed by atoms with Crippen LogP contribution in [0.3, 0.4) is 0 Å². The van der Waals surface area contributed by atoms with Crippen molar-refractivity contribution in [2.24, 2.45) is 0 Å². The number of carbonyl (C=O) groups is 2. The largest absolute Gasteiger partial charge is 0.462 e. The summed E-state index contributed by atoms with van der Waals surface area (Å²) in [6.45, 7) is 4.02. The molecule has 0 radical (unpaired) electrons. The number of carbonyl (C=O) groups excluding carboxylic acids is 2. The zero-order valence-electron chi connectivity index (χ0n) is 18.0. The number of thiophene rings is 1. The van der Waals surface area contributed by atoms with E-state index in [1.165, 1.54) is 11.3 Å². The van der Waals surface area contributed by atoms with E-state index < -0.39 is 5.97 Å². The molecular weight excluding hydrogens is 458 g/mol. The number of thioether (sulfide) groups is 1. The lowest BCUT2D eigenvalue weighted by Crippen LogP contribution is -2.15. The van der Waals surface area contributed by atoms with Crippen LogP contribution in [-0.4, -0.2) is 34.2 Å². The van der Waals surface area contributed by atoms with Crippen LogP contribution in [-0.2, 0) is 9.53 Å². The van der Waals surface area contributed by atoms with Crippen molar-refractivity contribution in [3.05, 3.63) is 75.4 Å². The average Bonchev–Trinajstić information content (AvgIpc) is 3.15. The Morgan fingerprint density at radius 3 is 2.55 bits per heavy atom. The monoisotopic (exact) mass is 479 g/mol. The molecule has 0 aliphatic rings. The standard InChI is InChI=1S/C24H21N3O4S2/c1-3-31-23(30)16-9-11-17(12-10-16)25-18(28)13-32-24-26-21(29)20-19(14(2)33-22(20)27-24)15-7-5-4-6-8-15/h4-12H,3,13H2,1-2H3,(H,25,28)(H,26,27,29). The van der Waals surface area contributed by atoms with Crippen molar-refractivity contribution < 1.29 is 14.3 Å². The van der Waals surface area contributed by atoms with Crippen molar-refractivity contribution in [1.29, 1.82) is 0 Å². The maximum absolute atomic E-state index is 12.8. The van der Waals surface area contributed by atoms with Gasteiger partial charge in [0, 0.05) is 16.1 Å². The molecular formula is C24H21N3O4S2. The molecule has 9 heteroatoms. The molecule has 33 heavy (non-hydrogen) atoms. The molecule has 168 valence electrons. The van der Waals surface area contributed by atoms with E-state index in [-0.39, 0.29) is 17.2 Å². The van der Waals surface area contributed by atoms with E-state index in [0.717, 1.165) is 27.8 Å². The van der Waals surface area contributed by atoms with Crippen molar-refractivity contribution in [2.45, 2.75) is 19.0 Å². The van der Waals surface area contributed by atoms with E-state index >= 15 is 0 Å². The van der Waals surface area contributed by atoms with Gasteiger partial charge in [0.15, 0.2) is 5.16 Å². The Balaban J connectivity index is 1.45. The van der Waals surface area contributed by atoms with E-state index in [1.54, 1.807) is 31.2 Å². The highest BCUT2D eigenvalue weighted by atomic mass is 32.2. The van der Waals surface area contributed by atoms with Crippen LogP contribution in [0.15, 0.2) is 64.5 Å². The molecule has 2 aromatic carbocycles. The average molecular weight is 480 g/mol. The molecule has 0 aliphatic carbocycles. The molecule has 2 aromatic heterocycles. The third-order valence-corrected chi connectivity index (χ3v) is 6.67. The minimum atomic E-state index is -0.407. The molecule has 0 aliphatic heterocycles. The van der Waals surface area contributed by atoms with Crippen LogP contribution in [0.25, 0.3) is 21.3 Å². The minimum Gasteiger partial charge on any atom is -0.462 e. The summed E-state index contributed by atoms with van der Waals surface area (Å²) in [5.74, 6) is -0.584. The summed E-state index contributed by atoms with van der Waals surface area (Å²) >= 11 is 2.62. The highest BCUT2D eigenvalue weighted by Gasteiger charge is 2.17. The van der Waals surface area contributed by atoms with Gasteiger partial charge in [-0.25, -0.2) is 9.78 Å². The highest BCUT2D eigenvalue weighted by Crippen LogP contribution is 2.35. The third-order valence-electron chi connectivity index (χ3n) is 4.80. The highest BCUT2D eigenvalue weighted by molar-refractivity contribution is 7.99. The summed E-state index contributed by atoms with van der Waals surface area (Å²) in [7, 11) is 0. The molecule has 0 bridgehead atoms. The second-order valence-corrected chi connectivity index (χ2v) is 9.25. The number of H-pyrrole nitrogens is 1. The van der Waals surface area contributed by atoms with E-state index in [4.69, 9.17) is 4.74 Å². The van der Waals surface area contributed by atoms with Gasteiger partial charge in [0.25, 0.3) is 5.56 Å². The van der Waals surface area contributed by atoms with Gasteiger partial charge in [0.05, 0.1) is 23.3 Å². The summed E-state index contributed by atoms with van der Waals surface area (Å²) in [6, 6.07) is 16.2. The number of aromatic amines is 1. The van der Waals surface area contributed by atoms with Crippen molar-refractivity contribution in [1.82, 2.24) is 9.97 Å². The molecule has 7 nitrogen and oxygen atoms in total. The summed E-state index contributed by atoms with van der Waals surface area (Å²) in [4.78, 5) is 45.9. The lowest BCUT2D eigenvalue weighted by Gasteiger charge is -2.06. The van der Waals surface area contributed by atoms with Gasteiger partial charge < -0.3 is 15.0 Å². The molecule has 2 N–H and O–H groups in total. The number of nitrogens with zero attached hydrogens (tertiary/aromatic N) is 1. The van der Waals surface area contributed by atoms with Gasteiger partial charge in [-0.05, 0) is 43.7 Å².